The van der Waals surface area contributed by atoms with Gasteiger partial charge in [0.2, 0.25) is 0 Å². The number of methoxy groups -OCH3 is 1. The maximum atomic E-state index is 5.99. The standard InChI is InChI=1S/C13H18N2O/c1-16-12-6-5-11(13(14)9-12)10-15-7-3-2-4-8-15/h2-3,5-6,9H,4,7-8,10,14H2,1H3. The molecule has 16 heavy (non-hydrogen) atoms. The van der Waals surface area contributed by atoms with E-state index in [1.165, 1.54) is 5.56 Å². The zero-order valence-corrected chi connectivity index (χ0v) is 9.65. The lowest BCUT2D eigenvalue weighted by Gasteiger charge is -2.23. The largest absolute Gasteiger partial charge is 0.497 e. The summed E-state index contributed by atoms with van der Waals surface area (Å²) < 4.78 is 5.14. The molecule has 0 spiro atoms. The first-order chi connectivity index (χ1) is 7.79. The molecule has 2 rings (SSSR count). The molecular weight excluding hydrogens is 200 g/mol. The van der Waals surface area contributed by atoms with Crippen LogP contribution in [0.25, 0.3) is 0 Å². The molecule has 1 aliphatic heterocycles. The molecule has 1 aliphatic rings. The normalized spacial score (nSPS) is 16.3. The van der Waals surface area contributed by atoms with E-state index in [4.69, 9.17) is 10.5 Å². The van der Waals surface area contributed by atoms with Gasteiger partial charge in [0.1, 0.15) is 5.75 Å². The van der Waals surface area contributed by atoms with Gasteiger partial charge in [-0.05, 0) is 18.1 Å². The summed E-state index contributed by atoms with van der Waals surface area (Å²) in [6.07, 6.45) is 5.58. The number of ether oxygens (including phenoxy) is 1. The minimum atomic E-state index is 0.814. The molecule has 0 bridgehead atoms. The van der Waals surface area contributed by atoms with Crippen molar-refractivity contribution in [1.29, 1.82) is 0 Å². The zero-order valence-electron chi connectivity index (χ0n) is 9.65. The summed E-state index contributed by atoms with van der Waals surface area (Å²) in [6.45, 7) is 3.05. The minimum absolute atomic E-state index is 0.814. The maximum Gasteiger partial charge on any atom is 0.120 e. The molecule has 3 nitrogen and oxygen atoms in total. The van der Waals surface area contributed by atoms with Gasteiger partial charge in [-0.25, -0.2) is 0 Å². The van der Waals surface area contributed by atoms with Gasteiger partial charge in [0.05, 0.1) is 7.11 Å². The molecule has 0 aromatic heterocycles. The average molecular weight is 218 g/mol. The van der Waals surface area contributed by atoms with Crippen LogP contribution in [0.4, 0.5) is 5.69 Å². The van der Waals surface area contributed by atoms with Crippen LogP contribution in [0, 0.1) is 0 Å². The fraction of sp³-hybridized carbons (Fsp3) is 0.385. The van der Waals surface area contributed by atoms with Crippen molar-refractivity contribution in [2.75, 3.05) is 25.9 Å². The van der Waals surface area contributed by atoms with Crippen LogP contribution in [0.1, 0.15) is 12.0 Å². The Kier molecular flexibility index (Phi) is 3.47. The summed E-state index contributed by atoms with van der Waals surface area (Å²) in [6, 6.07) is 5.90. The molecule has 3 heteroatoms. The fourth-order valence-electron chi connectivity index (χ4n) is 1.92. The molecule has 0 radical (unpaired) electrons. The molecule has 0 amide bonds. The number of hydrogen-bond acceptors (Lipinski definition) is 3. The third kappa shape index (κ3) is 2.55. The number of hydrogen-bond donors (Lipinski definition) is 1. The van der Waals surface area contributed by atoms with E-state index in [0.717, 1.165) is 37.5 Å². The Morgan fingerprint density at radius 2 is 2.25 bits per heavy atom. The highest BCUT2D eigenvalue weighted by molar-refractivity contribution is 5.51. The molecule has 1 aromatic carbocycles. The lowest BCUT2D eigenvalue weighted by Crippen LogP contribution is -2.26. The van der Waals surface area contributed by atoms with Crippen LogP contribution < -0.4 is 10.5 Å². The first-order valence-electron chi connectivity index (χ1n) is 5.59. The molecule has 2 N–H and O–H groups in total. The van der Waals surface area contributed by atoms with E-state index in [2.05, 4.69) is 17.1 Å². The Morgan fingerprint density at radius 1 is 1.38 bits per heavy atom. The predicted octanol–water partition coefficient (Wildman–Crippen LogP) is 2.04. The molecular formula is C13H18N2O. The van der Waals surface area contributed by atoms with Gasteiger partial charge in [-0.2, -0.15) is 0 Å². The Balaban J connectivity index is 2.06. The summed E-state index contributed by atoms with van der Waals surface area (Å²) in [7, 11) is 1.66. The van der Waals surface area contributed by atoms with E-state index >= 15 is 0 Å². The van der Waals surface area contributed by atoms with Crippen molar-refractivity contribution in [2.24, 2.45) is 0 Å². The molecule has 0 fully saturated rings. The van der Waals surface area contributed by atoms with Crippen LogP contribution in [0.2, 0.25) is 0 Å². The summed E-state index contributed by atoms with van der Waals surface area (Å²) in [5.41, 5.74) is 7.98. The van der Waals surface area contributed by atoms with Crippen LogP contribution in [0.5, 0.6) is 5.75 Å². The molecule has 0 saturated heterocycles. The summed E-state index contributed by atoms with van der Waals surface area (Å²) in [5.74, 6) is 0.819. The Morgan fingerprint density at radius 3 is 2.88 bits per heavy atom. The molecule has 86 valence electrons. The van der Waals surface area contributed by atoms with E-state index in [1.54, 1.807) is 7.11 Å². The number of rotatable bonds is 3. The minimum Gasteiger partial charge on any atom is -0.497 e. The van der Waals surface area contributed by atoms with Crippen molar-refractivity contribution in [3.63, 3.8) is 0 Å². The van der Waals surface area contributed by atoms with Crippen molar-refractivity contribution < 1.29 is 4.74 Å². The van der Waals surface area contributed by atoms with Crippen molar-refractivity contribution in [2.45, 2.75) is 13.0 Å². The van der Waals surface area contributed by atoms with Crippen LogP contribution >= 0.6 is 0 Å². The quantitative estimate of drug-likeness (QED) is 0.623. The number of anilines is 1. The van der Waals surface area contributed by atoms with Crippen molar-refractivity contribution in [3.05, 3.63) is 35.9 Å². The van der Waals surface area contributed by atoms with Crippen LogP contribution in [-0.2, 0) is 6.54 Å². The van der Waals surface area contributed by atoms with Crippen molar-refractivity contribution in [3.8, 4) is 5.75 Å². The average Bonchev–Trinajstić information content (AvgIpc) is 2.33. The predicted molar refractivity (Wildman–Crippen MR) is 66.4 cm³/mol. The smallest absolute Gasteiger partial charge is 0.120 e. The zero-order chi connectivity index (χ0) is 11.4. The molecule has 0 unspecified atom stereocenters. The van der Waals surface area contributed by atoms with Gasteiger partial charge in [0, 0.05) is 31.4 Å². The lowest BCUT2D eigenvalue weighted by molar-refractivity contribution is 0.291. The topological polar surface area (TPSA) is 38.5 Å². The SMILES string of the molecule is COc1ccc(CN2CC=CCC2)c(N)c1. The van der Waals surface area contributed by atoms with Gasteiger partial charge in [-0.15, -0.1) is 0 Å². The molecule has 0 aliphatic carbocycles. The van der Waals surface area contributed by atoms with Gasteiger partial charge in [0.15, 0.2) is 0 Å². The van der Waals surface area contributed by atoms with E-state index in [-0.39, 0.29) is 0 Å². The highest BCUT2D eigenvalue weighted by Gasteiger charge is 2.09. The van der Waals surface area contributed by atoms with Crippen molar-refractivity contribution >= 4 is 5.69 Å². The summed E-state index contributed by atoms with van der Waals surface area (Å²) in [4.78, 5) is 2.39. The molecule has 1 aromatic rings. The molecule has 1 heterocycles. The number of benzene rings is 1. The molecule has 0 saturated carbocycles. The molecule has 0 atom stereocenters. The van der Waals surface area contributed by atoms with Crippen LogP contribution in [0.15, 0.2) is 30.4 Å². The second-order valence-corrected chi connectivity index (χ2v) is 4.06. The highest BCUT2D eigenvalue weighted by Crippen LogP contribution is 2.21. The lowest BCUT2D eigenvalue weighted by atomic mass is 10.1. The Labute approximate surface area is 96.5 Å². The van der Waals surface area contributed by atoms with Gasteiger partial charge in [0.25, 0.3) is 0 Å². The fourth-order valence-corrected chi connectivity index (χ4v) is 1.92. The first kappa shape index (κ1) is 11.0. The number of nitrogens with two attached hydrogens (primary N) is 1. The summed E-state index contributed by atoms with van der Waals surface area (Å²) >= 11 is 0. The second kappa shape index (κ2) is 5.03. The van der Waals surface area contributed by atoms with E-state index < -0.39 is 0 Å². The first-order valence-corrected chi connectivity index (χ1v) is 5.59. The third-order valence-electron chi connectivity index (χ3n) is 2.89. The summed E-state index contributed by atoms with van der Waals surface area (Å²) in [5, 5.41) is 0. The van der Waals surface area contributed by atoms with Crippen LogP contribution in [0.3, 0.4) is 0 Å². The monoisotopic (exact) mass is 218 g/mol. The van der Waals surface area contributed by atoms with E-state index in [0.29, 0.717) is 0 Å². The van der Waals surface area contributed by atoms with E-state index in [1.807, 2.05) is 18.2 Å². The number of nitrogen functional groups attached to an aromatic ring is 1. The second-order valence-electron chi connectivity index (χ2n) is 4.06. The van der Waals surface area contributed by atoms with Crippen molar-refractivity contribution in [1.82, 2.24) is 4.90 Å². The van der Waals surface area contributed by atoms with Gasteiger partial charge < -0.3 is 10.5 Å². The Hall–Kier alpha value is -1.48. The highest BCUT2D eigenvalue weighted by atomic mass is 16.5. The Bertz CT molecular complexity index is 388. The maximum absolute atomic E-state index is 5.99. The van der Waals surface area contributed by atoms with Crippen LogP contribution in [-0.4, -0.2) is 25.1 Å². The number of nitrogens with zero attached hydrogens (tertiary/aromatic N) is 1. The van der Waals surface area contributed by atoms with Gasteiger partial charge in [-0.3, -0.25) is 4.90 Å². The van der Waals surface area contributed by atoms with Gasteiger partial charge in [-0.1, -0.05) is 18.2 Å². The van der Waals surface area contributed by atoms with Gasteiger partial charge >= 0.3 is 0 Å². The third-order valence-corrected chi connectivity index (χ3v) is 2.89. The van der Waals surface area contributed by atoms with E-state index in [9.17, 15) is 0 Å².